The number of aryl methyl sites for hydroxylation is 1. The molecule has 0 spiro atoms. The number of rotatable bonds is 5. The first-order valence-corrected chi connectivity index (χ1v) is 7.07. The average molecular weight is 299 g/mol. The van der Waals surface area contributed by atoms with Gasteiger partial charge < -0.3 is 5.32 Å². The molecule has 0 unspecified atom stereocenters. The first-order valence-electron chi connectivity index (χ1n) is 7.07. The van der Waals surface area contributed by atoms with E-state index in [0.29, 0.717) is 17.7 Å². The zero-order chi connectivity index (χ0) is 16.1. The molecule has 2 aromatic carbocycles. The molecule has 1 N–H and O–H groups in total. The molecule has 2 aromatic rings. The molecule has 3 nitrogen and oxygen atoms in total. The SMILES string of the molecule is CC(=O)c1ccc(CC(=O)NCc2ccc(F)c(C)c2)cc1. The van der Waals surface area contributed by atoms with Crippen LogP contribution < -0.4 is 5.32 Å². The Morgan fingerprint density at radius 2 is 1.68 bits per heavy atom. The minimum absolute atomic E-state index is 0.00248. The van der Waals surface area contributed by atoms with Gasteiger partial charge >= 0.3 is 0 Å². The van der Waals surface area contributed by atoms with E-state index in [9.17, 15) is 14.0 Å². The van der Waals surface area contributed by atoms with Crippen molar-refractivity contribution < 1.29 is 14.0 Å². The average Bonchev–Trinajstić information content (AvgIpc) is 2.49. The molecular weight excluding hydrogens is 281 g/mol. The van der Waals surface area contributed by atoms with Gasteiger partial charge in [0.25, 0.3) is 0 Å². The van der Waals surface area contributed by atoms with Crippen molar-refractivity contribution in [3.05, 3.63) is 70.5 Å². The number of nitrogens with one attached hydrogen (secondary N) is 1. The summed E-state index contributed by atoms with van der Waals surface area (Å²) in [5, 5.41) is 2.80. The Hall–Kier alpha value is -2.49. The molecule has 2 rings (SSSR count). The van der Waals surface area contributed by atoms with Crippen molar-refractivity contribution in [1.82, 2.24) is 5.32 Å². The minimum Gasteiger partial charge on any atom is -0.352 e. The van der Waals surface area contributed by atoms with Crippen LogP contribution in [0.5, 0.6) is 0 Å². The van der Waals surface area contributed by atoms with Crippen LogP contribution in [0.1, 0.15) is 34.0 Å². The molecule has 22 heavy (non-hydrogen) atoms. The van der Waals surface area contributed by atoms with E-state index in [1.54, 1.807) is 43.3 Å². The number of Topliss-reactive ketones (excluding diaryl/α,β-unsaturated/α-hetero) is 1. The maximum atomic E-state index is 13.2. The number of hydrogen-bond donors (Lipinski definition) is 1. The Kier molecular flexibility index (Phi) is 5.04. The fourth-order valence-corrected chi connectivity index (χ4v) is 2.12. The van der Waals surface area contributed by atoms with E-state index in [-0.39, 0.29) is 23.9 Å². The molecule has 0 saturated heterocycles. The zero-order valence-corrected chi connectivity index (χ0v) is 12.7. The Bertz CT molecular complexity index is 693. The summed E-state index contributed by atoms with van der Waals surface area (Å²) in [6, 6.07) is 11.8. The van der Waals surface area contributed by atoms with Crippen LogP contribution in [0.4, 0.5) is 4.39 Å². The highest BCUT2D eigenvalue weighted by atomic mass is 19.1. The summed E-state index contributed by atoms with van der Waals surface area (Å²) in [5.74, 6) is -0.360. The van der Waals surface area contributed by atoms with Crippen molar-refractivity contribution in [1.29, 1.82) is 0 Å². The van der Waals surface area contributed by atoms with Gasteiger partial charge in [0.15, 0.2) is 5.78 Å². The topological polar surface area (TPSA) is 46.2 Å². The lowest BCUT2D eigenvalue weighted by Crippen LogP contribution is -2.24. The predicted molar refractivity (Wildman–Crippen MR) is 83.1 cm³/mol. The van der Waals surface area contributed by atoms with Crippen LogP contribution in [-0.2, 0) is 17.8 Å². The van der Waals surface area contributed by atoms with Crippen LogP contribution in [0, 0.1) is 12.7 Å². The quantitative estimate of drug-likeness (QED) is 0.862. The lowest BCUT2D eigenvalue weighted by molar-refractivity contribution is -0.120. The summed E-state index contributed by atoms with van der Waals surface area (Å²) >= 11 is 0. The maximum absolute atomic E-state index is 13.2. The second-order valence-corrected chi connectivity index (χ2v) is 5.29. The van der Waals surface area contributed by atoms with Gasteiger partial charge in [0, 0.05) is 12.1 Å². The van der Waals surface area contributed by atoms with E-state index in [1.165, 1.54) is 13.0 Å². The van der Waals surface area contributed by atoms with Crippen molar-refractivity contribution in [2.45, 2.75) is 26.8 Å². The number of ketones is 1. The highest BCUT2D eigenvalue weighted by Gasteiger charge is 2.05. The minimum atomic E-state index is -0.249. The smallest absolute Gasteiger partial charge is 0.224 e. The van der Waals surface area contributed by atoms with Crippen LogP contribution in [0.15, 0.2) is 42.5 Å². The maximum Gasteiger partial charge on any atom is 0.224 e. The summed E-state index contributed by atoms with van der Waals surface area (Å²) in [6.45, 7) is 3.56. The van der Waals surface area contributed by atoms with E-state index < -0.39 is 0 Å². The van der Waals surface area contributed by atoms with E-state index in [0.717, 1.165) is 11.1 Å². The van der Waals surface area contributed by atoms with Gasteiger partial charge in [-0.25, -0.2) is 4.39 Å². The molecule has 0 bridgehead atoms. The predicted octanol–water partition coefficient (Wildman–Crippen LogP) is 3.20. The summed E-state index contributed by atoms with van der Waals surface area (Å²) < 4.78 is 13.2. The van der Waals surface area contributed by atoms with Crippen molar-refractivity contribution >= 4 is 11.7 Å². The van der Waals surface area contributed by atoms with Crippen molar-refractivity contribution in [2.75, 3.05) is 0 Å². The van der Waals surface area contributed by atoms with Gasteiger partial charge in [0.1, 0.15) is 5.82 Å². The Labute approximate surface area is 129 Å². The summed E-state index contributed by atoms with van der Waals surface area (Å²) in [4.78, 5) is 23.1. The molecule has 0 radical (unpaired) electrons. The summed E-state index contributed by atoms with van der Waals surface area (Å²) in [5.41, 5.74) is 2.90. The molecule has 0 fully saturated rings. The highest BCUT2D eigenvalue weighted by Crippen LogP contribution is 2.09. The number of amides is 1. The molecule has 4 heteroatoms. The number of carbonyl (C=O) groups is 2. The lowest BCUT2D eigenvalue weighted by Gasteiger charge is -2.07. The van der Waals surface area contributed by atoms with Gasteiger partial charge in [-0.15, -0.1) is 0 Å². The lowest BCUT2D eigenvalue weighted by atomic mass is 10.1. The van der Waals surface area contributed by atoms with Gasteiger partial charge in [-0.3, -0.25) is 9.59 Å². The first kappa shape index (κ1) is 15.9. The van der Waals surface area contributed by atoms with Gasteiger partial charge in [-0.1, -0.05) is 36.4 Å². The van der Waals surface area contributed by atoms with Crippen LogP contribution in [0.25, 0.3) is 0 Å². The van der Waals surface area contributed by atoms with Gasteiger partial charge in [-0.05, 0) is 36.6 Å². The third-order valence-corrected chi connectivity index (χ3v) is 3.44. The molecular formula is C18H18FNO2. The largest absolute Gasteiger partial charge is 0.352 e. The van der Waals surface area contributed by atoms with Crippen LogP contribution in [0.2, 0.25) is 0 Å². The molecule has 0 aliphatic heterocycles. The van der Waals surface area contributed by atoms with Crippen LogP contribution in [-0.4, -0.2) is 11.7 Å². The van der Waals surface area contributed by atoms with Gasteiger partial charge in [0.2, 0.25) is 5.91 Å². The molecule has 0 saturated carbocycles. The number of benzene rings is 2. The molecule has 0 aromatic heterocycles. The van der Waals surface area contributed by atoms with E-state index in [1.807, 2.05) is 0 Å². The third-order valence-electron chi connectivity index (χ3n) is 3.44. The zero-order valence-electron chi connectivity index (χ0n) is 12.7. The van der Waals surface area contributed by atoms with Crippen LogP contribution in [0.3, 0.4) is 0 Å². The third kappa shape index (κ3) is 4.25. The van der Waals surface area contributed by atoms with Gasteiger partial charge in [0.05, 0.1) is 6.42 Å². The molecule has 1 amide bonds. The van der Waals surface area contributed by atoms with Crippen molar-refractivity contribution in [2.24, 2.45) is 0 Å². The summed E-state index contributed by atoms with van der Waals surface area (Å²) in [7, 11) is 0. The Balaban J connectivity index is 1.89. The number of carbonyl (C=O) groups excluding carboxylic acids is 2. The Morgan fingerprint density at radius 1 is 1.05 bits per heavy atom. The normalized spacial score (nSPS) is 10.3. The molecule has 114 valence electrons. The number of halogens is 1. The Morgan fingerprint density at radius 3 is 2.27 bits per heavy atom. The van der Waals surface area contributed by atoms with Crippen molar-refractivity contribution in [3.8, 4) is 0 Å². The first-order chi connectivity index (χ1) is 10.5. The second kappa shape index (κ2) is 6.98. The van der Waals surface area contributed by atoms with Crippen molar-refractivity contribution in [3.63, 3.8) is 0 Å². The monoisotopic (exact) mass is 299 g/mol. The molecule has 0 aliphatic rings. The molecule has 0 heterocycles. The van der Waals surface area contributed by atoms with E-state index in [2.05, 4.69) is 5.32 Å². The molecule has 0 atom stereocenters. The fourth-order valence-electron chi connectivity index (χ4n) is 2.12. The number of hydrogen-bond acceptors (Lipinski definition) is 2. The fraction of sp³-hybridized carbons (Fsp3) is 0.222. The molecule has 0 aliphatic carbocycles. The van der Waals surface area contributed by atoms with Crippen LogP contribution >= 0.6 is 0 Å². The second-order valence-electron chi connectivity index (χ2n) is 5.29. The summed E-state index contributed by atoms with van der Waals surface area (Å²) in [6.07, 6.45) is 0.248. The van der Waals surface area contributed by atoms with E-state index >= 15 is 0 Å². The van der Waals surface area contributed by atoms with E-state index in [4.69, 9.17) is 0 Å². The van der Waals surface area contributed by atoms with Gasteiger partial charge in [-0.2, -0.15) is 0 Å². The highest BCUT2D eigenvalue weighted by molar-refractivity contribution is 5.94. The standard InChI is InChI=1S/C18H18FNO2/c1-12-9-15(5-8-17(12)19)11-20-18(22)10-14-3-6-16(7-4-14)13(2)21/h3-9H,10-11H2,1-2H3,(H,20,22).